The van der Waals surface area contributed by atoms with Crippen LogP contribution in [0.4, 0.5) is 0 Å². The molecule has 3 heteroatoms. The van der Waals surface area contributed by atoms with E-state index in [0.29, 0.717) is 11.5 Å². The van der Waals surface area contributed by atoms with Crippen LogP contribution in [0.5, 0.6) is 0 Å². The summed E-state index contributed by atoms with van der Waals surface area (Å²) in [7, 11) is 0. The summed E-state index contributed by atoms with van der Waals surface area (Å²) in [5.41, 5.74) is 0.572. The predicted molar refractivity (Wildman–Crippen MR) is 70.4 cm³/mol. The molecule has 1 atom stereocenters. The molecule has 1 aliphatic rings. The maximum absolute atomic E-state index is 3.64. The lowest BCUT2D eigenvalue weighted by atomic mass is 9.70. The molecule has 0 aliphatic heterocycles. The van der Waals surface area contributed by atoms with Crippen molar-refractivity contribution in [1.29, 1.82) is 0 Å². The van der Waals surface area contributed by atoms with Crippen LogP contribution in [0.15, 0.2) is 15.9 Å². The predicted octanol–water partition coefficient (Wildman–Crippen LogP) is 4.35. The zero-order chi connectivity index (χ0) is 10.9. The van der Waals surface area contributed by atoms with E-state index >= 15 is 0 Å². The van der Waals surface area contributed by atoms with Crippen molar-refractivity contribution in [2.75, 3.05) is 6.54 Å². The number of rotatable bonds is 4. The Kier molecular flexibility index (Phi) is 3.53. The van der Waals surface area contributed by atoms with E-state index in [1.54, 1.807) is 0 Å². The van der Waals surface area contributed by atoms with E-state index in [1.165, 1.54) is 28.6 Å². The van der Waals surface area contributed by atoms with Crippen LogP contribution in [0.3, 0.4) is 0 Å². The van der Waals surface area contributed by atoms with Crippen molar-refractivity contribution in [3.63, 3.8) is 0 Å². The van der Waals surface area contributed by atoms with Gasteiger partial charge in [-0.1, -0.05) is 13.3 Å². The third kappa shape index (κ3) is 2.83. The summed E-state index contributed by atoms with van der Waals surface area (Å²) in [6.07, 6.45) is 4.19. The minimum Gasteiger partial charge on any atom is -0.309 e. The Balaban J connectivity index is 1.84. The zero-order valence-electron chi connectivity index (χ0n) is 9.35. The van der Waals surface area contributed by atoms with Gasteiger partial charge in [0.2, 0.25) is 0 Å². The SMILES string of the molecule is CC(NCC1(C)CCC1)c1cc(Br)cs1. The first-order chi connectivity index (χ1) is 7.09. The van der Waals surface area contributed by atoms with Gasteiger partial charge in [-0.3, -0.25) is 0 Å². The third-order valence-corrected chi connectivity index (χ3v) is 5.29. The van der Waals surface area contributed by atoms with Crippen molar-refractivity contribution in [2.24, 2.45) is 5.41 Å². The molecule has 15 heavy (non-hydrogen) atoms. The smallest absolute Gasteiger partial charge is 0.0386 e. The van der Waals surface area contributed by atoms with Crippen LogP contribution in [0, 0.1) is 5.41 Å². The van der Waals surface area contributed by atoms with E-state index in [4.69, 9.17) is 0 Å². The number of halogens is 1. The molecule has 1 unspecified atom stereocenters. The Morgan fingerprint density at radius 1 is 1.60 bits per heavy atom. The molecule has 0 aromatic carbocycles. The van der Waals surface area contributed by atoms with Gasteiger partial charge in [0.15, 0.2) is 0 Å². The summed E-state index contributed by atoms with van der Waals surface area (Å²) in [5.74, 6) is 0. The molecule has 1 fully saturated rings. The van der Waals surface area contributed by atoms with Gasteiger partial charge in [-0.2, -0.15) is 0 Å². The van der Waals surface area contributed by atoms with Crippen molar-refractivity contribution in [2.45, 2.75) is 39.2 Å². The van der Waals surface area contributed by atoms with Crippen LogP contribution in [-0.2, 0) is 0 Å². The van der Waals surface area contributed by atoms with Crippen molar-refractivity contribution in [3.05, 3.63) is 20.8 Å². The minimum absolute atomic E-state index is 0.485. The average Bonchev–Trinajstić information content (AvgIpc) is 2.58. The van der Waals surface area contributed by atoms with Gasteiger partial charge in [0.1, 0.15) is 0 Å². The average molecular weight is 288 g/mol. The zero-order valence-corrected chi connectivity index (χ0v) is 11.7. The van der Waals surface area contributed by atoms with Crippen molar-refractivity contribution in [3.8, 4) is 0 Å². The van der Waals surface area contributed by atoms with Crippen LogP contribution in [0.25, 0.3) is 0 Å². The summed E-state index contributed by atoms with van der Waals surface area (Å²) in [6.45, 7) is 5.80. The van der Waals surface area contributed by atoms with E-state index in [0.717, 1.165) is 6.54 Å². The Morgan fingerprint density at radius 2 is 2.33 bits per heavy atom. The summed E-state index contributed by atoms with van der Waals surface area (Å²) < 4.78 is 1.20. The molecule has 0 amide bonds. The molecule has 1 aliphatic carbocycles. The summed E-state index contributed by atoms with van der Waals surface area (Å²) in [5, 5.41) is 5.80. The van der Waals surface area contributed by atoms with Crippen LogP contribution in [0.2, 0.25) is 0 Å². The van der Waals surface area contributed by atoms with E-state index in [2.05, 4.69) is 46.5 Å². The fourth-order valence-corrected chi connectivity index (χ4v) is 3.49. The summed E-state index contributed by atoms with van der Waals surface area (Å²) >= 11 is 5.32. The topological polar surface area (TPSA) is 12.0 Å². The Morgan fingerprint density at radius 3 is 2.80 bits per heavy atom. The number of thiophene rings is 1. The maximum Gasteiger partial charge on any atom is 0.0386 e. The van der Waals surface area contributed by atoms with Gasteiger partial charge in [0, 0.05) is 27.3 Å². The molecule has 0 radical (unpaired) electrons. The van der Waals surface area contributed by atoms with E-state index in [-0.39, 0.29) is 0 Å². The van der Waals surface area contributed by atoms with Gasteiger partial charge < -0.3 is 5.32 Å². The van der Waals surface area contributed by atoms with Crippen LogP contribution in [0.1, 0.15) is 44.0 Å². The van der Waals surface area contributed by atoms with E-state index in [1.807, 2.05) is 11.3 Å². The minimum atomic E-state index is 0.485. The fraction of sp³-hybridized carbons (Fsp3) is 0.667. The lowest BCUT2D eigenvalue weighted by Gasteiger charge is -2.39. The van der Waals surface area contributed by atoms with Crippen LogP contribution >= 0.6 is 27.3 Å². The second kappa shape index (κ2) is 4.56. The molecule has 0 saturated heterocycles. The van der Waals surface area contributed by atoms with Gasteiger partial charge in [0.25, 0.3) is 0 Å². The standard InChI is InChI=1S/C12H18BrNS/c1-9(11-6-10(13)7-15-11)14-8-12(2)4-3-5-12/h6-7,9,14H,3-5,8H2,1-2H3. The second-order valence-corrected chi connectivity index (χ2v) is 6.79. The highest BCUT2D eigenvalue weighted by Gasteiger charge is 2.31. The van der Waals surface area contributed by atoms with Crippen molar-refractivity contribution >= 4 is 27.3 Å². The summed E-state index contributed by atoms with van der Waals surface area (Å²) in [4.78, 5) is 1.42. The highest BCUT2D eigenvalue weighted by Crippen LogP contribution is 2.40. The molecular weight excluding hydrogens is 270 g/mol. The molecule has 1 aromatic heterocycles. The molecular formula is C12H18BrNS. The first-order valence-corrected chi connectivity index (χ1v) is 7.24. The second-order valence-electron chi connectivity index (χ2n) is 4.93. The quantitative estimate of drug-likeness (QED) is 0.868. The van der Waals surface area contributed by atoms with E-state index < -0.39 is 0 Å². The molecule has 84 valence electrons. The molecule has 0 bridgehead atoms. The first kappa shape index (κ1) is 11.6. The number of hydrogen-bond donors (Lipinski definition) is 1. The Hall–Kier alpha value is 0.140. The summed E-state index contributed by atoms with van der Waals surface area (Å²) in [6, 6.07) is 2.70. The molecule has 1 nitrogen and oxygen atoms in total. The van der Waals surface area contributed by atoms with E-state index in [9.17, 15) is 0 Å². The normalized spacial score (nSPS) is 21.0. The maximum atomic E-state index is 3.64. The highest BCUT2D eigenvalue weighted by molar-refractivity contribution is 9.10. The highest BCUT2D eigenvalue weighted by atomic mass is 79.9. The Bertz CT molecular complexity index is 330. The lowest BCUT2D eigenvalue weighted by Crippen LogP contribution is -2.38. The first-order valence-electron chi connectivity index (χ1n) is 5.56. The van der Waals surface area contributed by atoms with Gasteiger partial charge in [-0.15, -0.1) is 11.3 Å². The molecule has 0 spiro atoms. The van der Waals surface area contributed by atoms with Gasteiger partial charge >= 0.3 is 0 Å². The molecule has 1 N–H and O–H groups in total. The molecule has 1 saturated carbocycles. The number of hydrogen-bond acceptors (Lipinski definition) is 2. The van der Waals surface area contributed by atoms with Gasteiger partial charge in [-0.25, -0.2) is 0 Å². The van der Waals surface area contributed by atoms with Gasteiger partial charge in [-0.05, 0) is 47.2 Å². The third-order valence-electron chi connectivity index (χ3n) is 3.41. The lowest BCUT2D eigenvalue weighted by molar-refractivity contribution is 0.152. The van der Waals surface area contributed by atoms with Crippen molar-refractivity contribution in [1.82, 2.24) is 5.32 Å². The largest absolute Gasteiger partial charge is 0.309 e. The monoisotopic (exact) mass is 287 g/mol. The molecule has 1 aromatic rings. The number of nitrogens with one attached hydrogen (secondary N) is 1. The van der Waals surface area contributed by atoms with Crippen LogP contribution < -0.4 is 5.32 Å². The van der Waals surface area contributed by atoms with Crippen LogP contribution in [-0.4, -0.2) is 6.54 Å². The van der Waals surface area contributed by atoms with Crippen molar-refractivity contribution < 1.29 is 0 Å². The van der Waals surface area contributed by atoms with Gasteiger partial charge in [0.05, 0.1) is 0 Å². The molecule has 1 heterocycles. The fourth-order valence-electron chi connectivity index (χ4n) is 2.01. The Labute approximate surface area is 104 Å². The molecule has 2 rings (SSSR count).